The number of hydrogen-bond acceptors (Lipinski definition) is 2. The molecular formula is C14H8ClF3O2. The van der Waals surface area contributed by atoms with Gasteiger partial charge in [-0.1, -0.05) is 41.9 Å². The molecule has 0 saturated heterocycles. The van der Waals surface area contributed by atoms with Crippen LogP contribution in [0.5, 0.6) is 5.75 Å². The van der Waals surface area contributed by atoms with Crippen LogP contribution in [0, 0.1) is 0 Å². The number of alkyl halides is 3. The first-order chi connectivity index (χ1) is 9.37. The zero-order chi connectivity index (χ0) is 14.8. The van der Waals surface area contributed by atoms with Crippen LogP contribution < -0.4 is 4.74 Å². The molecule has 0 amide bonds. The Morgan fingerprint density at radius 2 is 1.70 bits per heavy atom. The maximum atomic E-state index is 12.3. The first-order valence-electron chi connectivity index (χ1n) is 5.52. The van der Waals surface area contributed by atoms with Crippen molar-refractivity contribution in [2.24, 2.45) is 0 Å². The molecule has 0 aliphatic rings. The van der Waals surface area contributed by atoms with E-state index in [9.17, 15) is 18.0 Å². The first kappa shape index (κ1) is 14.4. The van der Waals surface area contributed by atoms with E-state index >= 15 is 0 Å². The van der Waals surface area contributed by atoms with Gasteiger partial charge in [-0.2, -0.15) is 0 Å². The highest BCUT2D eigenvalue weighted by atomic mass is 35.5. The molecule has 2 aromatic rings. The Kier molecular flexibility index (Phi) is 3.99. The zero-order valence-electron chi connectivity index (χ0n) is 9.95. The summed E-state index contributed by atoms with van der Waals surface area (Å²) >= 11 is 5.64. The number of benzene rings is 2. The summed E-state index contributed by atoms with van der Waals surface area (Å²) in [6, 6.07) is 11.5. The summed E-state index contributed by atoms with van der Waals surface area (Å²) in [4.78, 5) is 12.2. The van der Waals surface area contributed by atoms with Gasteiger partial charge in [0.25, 0.3) is 0 Å². The van der Waals surface area contributed by atoms with Crippen LogP contribution in [0.15, 0.2) is 48.5 Å². The third-order valence-electron chi connectivity index (χ3n) is 2.45. The minimum atomic E-state index is -4.89. The van der Waals surface area contributed by atoms with Crippen LogP contribution in [0.3, 0.4) is 0 Å². The number of carbonyl (C=O) groups is 1. The van der Waals surface area contributed by atoms with Gasteiger partial charge in [-0.05, 0) is 18.2 Å². The SMILES string of the molecule is O=C(c1ccccc1)c1ccc(Cl)cc1OC(F)(F)F. The summed E-state index contributed by atoms with van der Waals surface area (Å²) < 4.78 is 40.9. The topological polar surface area (TPSA) is 26.3 Å². The second kappa shape index (κ2) is 5.54. The molecule has 2 aromatic carbocycles. The average Bonchev–Trinajstić information content (AvgIpc) is 2.37. The molecule has 6 heteroatoms. The quantitative estimate of drug-likeness (QED) is 0.782. The summed E-state index contributed by atoms with van der Waals surface area (Å²) in [5.41, 5.74) is 0.0692. The lowest BCUT2D eigenvalue weighted by Crippen LogP contribution is -2.19. The minimum absolute atomic E-state index is 0.0499. The van der Waals surface area contributed by atoms with E-state index < -0.39 is 17.9 Å². The molecule has 104 valence electrons. The molecule has 0 aliphatic carbocycles. The molecule has 0 unspecified atom stereocenters. The standard InChI is InChI=1S/C14H8ClF3O2/c15-10-6-7-11(12(8-10)20-14(16,17)18)13(19)9-4-2-1-3-5-9/h1-8H. The Labute approximate surface area is 117 Å². The molecule has 0 N–H and O–H groups in total. The molecule has 0 fully saturated rings. The zero-order valence-corrected chi connectivity index (χ0v) is 10.7. The summed E-state index contributed by atoms with van der Waals surface area (Å²) in [5.74, 6) is -1.18. The lowest BCUT2D eigenvalue weighted by molar-refractivity contribution is -0.274. The Balaban J connectivity index is 2.43. The number of ketones is 1. The normalized spacial score (nSPS) is 11.2. The van der Waals surface area contributed by atoms with Crippen molar-refractivity contribution in [3.63, 3.8) is 0 Å². The molecule has 0 radical (unpaired) electrons. The van der Waals surface area contributed by atoms with Crippen LogP contribution in [0.25, 0.3) is 0 Å². The molecule has 0 spiro atoms. The van der Waals surface area contributed by atoms with Crippen LogP contribution in [0.1, 0.15) is 15.9 Å². The van der Waals surface area contributed by atoms with E-state index in [4.69, 9.17) is 11.6 Å². The van der Waals surface area contributed by atoms with Crippen molar-refractivity contribution in [2.45, 2.75) is 6.36 Å². The van der Waals surface area contributed by atoms with Gasteiger partial charge in [0.15, 0.2) is 5.78 Å². The number of ether oxygens (including phenoxy) is 1. The number of hydrogen-bond donors (Lipinski definition) is 0. The largest absolute Gasteiger partial charge is 0.573 e. The van der Waals surface area contributed by atoms with Gasteiger partial charge in [0, 0.05) is 10.6 Å². The summed E-state index contributed by atoms with van der Waals surface area (Å²) in [6.45, 7) is 0. The predicted molar refractivity (Wildman–Crippen MR) is 68.0 cm³/mol. The fraction of sp³-hybridized carbons (Fsp3) is 0.0714. The summed E-state index contributed by atoms with van der Waals surface area (Å²) in [5, 5.41) is 0.0499. The third kappa shape index (κ3) is 3.51. The summed E-state index contributed by atoms with van der Waals surface area (Å²) in [7, 11) is 0. The average molecular weight is 301 g/mol. The van der Waals surface area contributed by atoms with E-state index in [1.165, 1.54) is 24.3 Å². The van der Waals surface area contributed by atoms with Gasteiger partial charge in [0.2, 0.25) is 0 Å². The van der Waals surface area contributed by atoms with Crippen molar-refractivity contribution in [3.8, 4) is 5.75 Å². The van der Waals surface area contributed by atoms with Crippen molar-refractivity contribution in [1.29, 1.82) is 0 Å². The minimum Gasteiger partial charge on any atom is -0.405 e. The van der Waals surface area contributed by atoms with Crippen molar-refractivity contribution in [3.05, 3.63) is 64.7 Å². The van der Waals surface area contributed by atoms with E-state index in [1.807, 2.05) is 0 Å². The number of rotatable bonds is 3. The molecule has 2 rings (SSSR count). The van der Waals surface area contributed by atoms with Crippen molar-refractivity contribution in [2.75, 3.05) is 0 Å². The van der Waals surface area contributed by atoms with Crippen molar-refractivity contribution < 1.29 is 22.7 Å². The van der Waals surface area contributed by atoms with Gasteiger partial charge in [-0.15, -0.1) is 13.2 Å². The van der Waals surface area contributed by atoms with Gasteiger partial charge >= 0.3 is 6.36 Å². The fourth-order valence-corrected chi connectivity index (χ4v) is 1.80. The highest BCUT2D eigenvalue weighted by Gasteiger charge is 2.33. The van der Waals surface area contributed by atoms with Crippen LogP contribution in [-0.4, -0.2) is 12.1 Å². The molecule has 0 saturated carbocycles. The molecule has 20 heavy (non-hydrogen) atoms. The van der Waals surface area contributed by atoms with Gasteiger partial charge in [-0.3, -0.25) is 4.79 Å². The molecular weight excluding hydrogens is 293 g/mol. The number of halogens is 4. The van der Waals surface area contributed by atoms with Crippen LogP contribution in [0.2, 0.25) is 5.02 Å². The first-order valence-corrected chi connectivity index (χ1v) is 5.89. The summed E-state index contributed by atoms with van der Waals surface area (Å²) in [6.07, 6.45) is -4.89. The van der Waals surface area contributed by atoms with E-state index in [0.717, 1.165) is 6.07 Å². The lowest BCUT2D eigenvalue weighted by Gasteiger charge is -2.13. The molecule has 0 atom stereocenters. The second-order valence-corrected chi connectivity index (χ2v) is 4.32. The molecule has 0 bridgehead atoms. The van der Waals surface area contributed by atoms with Gasteiger partial charge in [0.05, 0.1) is 5.56 Å². The number of carbonyl (C=O) groups excluding carboxylic acids is 1. The monoisotopic (exact) mass is 300 g/mol. The molecule has 0 heterocycles. The van der Waals surface area contributed by atoms with E-state index in [1.54, 1.807) is 18.2 Å². The maximum Gasteiger partial charge on any atom is 0.573 e. The Hall–Kier alpha value is -2.01. The molecule has 2 nitrogen and oxygen atoms in total. The van der Waals surface area contributed by atoms with E-state index in [0.29, 0.717) is 0 Å². The molecule has 0 aliphatic heterocycles. The third-order valence-corrected chi connectivity index (χ3v) is 2.69. The maximum absolute atomic E-state index is 12.3. The fourth-order valence-electron chi connectivity index (χ4n) is 1.64. The smallest absolute Gasteiger partial charge is 0.405 e. The van der Waals surface area contributed by atoms with Crippen molar-refractivity contribution >= 4 is 17.4 Å². The van der Waals surface area contributed by atoms with Crippen LogP contribution in [-0.2, 0) is 0 Å². The van der Waals surface area contributed by atoms with Gasteiger partial charge in [0.1, 0.15) is 5.75 Å². The lowest BCUT2D eigenvalue weighted by atomic mass is 10.0. The Morgan fingerprint density at radius 3 is 2.30 bits per heavy atom. The highest BCUT2D eigenvalue weighted by Crippen LogP contribution is 2.30. The Morgan fingerprint density at radius 1 is 1.05 bits per heavy atom. The van der Waals surface area contributed by atoms with Gasteiger partial charge in [-0.25, -0.2) is 0 Å². The predicted octanol–water partition coefficient (Wildman–Crippen LogP) is 4.47. The van der Waals surface area contributed by atoms with Crippen LogP contribution >= 0.6 is 11.6 Å². The highest BCUT2D eigenvalue weighted by molar-refractivity contribution is 6.31. The Bertz CT molecular complexity index is 624. The van der Waals surface area contributed by atoms with Crippen molar-refractivity contribution in [1.82, 2.24) is 0 Å². The van der Waals surface area contributed by atoms with E-state index in [2.05, 4.69) is 4.74 Å². The van der Waals surface area contributed by atoms with E-state index in [-0.39, 0.29) is 16.1 Å². The second-order valence-electron chi connectivity index (χ2n) is 3.88. The van der Waals surface area contributed by atoms with Gasteiger partial charge < -0.3 is 4.74 Å². The molecule has 0 aromatic heterocycles. The van der Waals surface area contributed by atoms with Crippen LogP contribution in [0.4, 0.5) is 13.2 Å².